The summed E-state index contributed by atoms with van der Waals surface area (Å²) in [5, 5.41) is 17.8. The lowest BCUT2D eigenvalue weighted by Crippen LogP contribution is -2.15. The van der Waals surface area contributed by atoms with Crippen LogP contribution in [0.4, 0.5) is 0 Å². The van der Waals surface area contributed by atoms with E-state index in [-0.39, 0.29) is 12.3 Å². The summed E-state index contributed by atoms with van der Waals surface area (Å²) in [5.41, 5.74) is 1.30. The van der Waals surface area contributed by atoms with Crippen LogP contribution in [0, 0.1) is 11.3 Å². The van der Waals surface area contributed by atoms with Gasteiger partial charge >= 0.3 is 5.97 Å². The molecule has 3 rings (SSSR count). The number of esters is 1. The third-order valence-corrected chi connectivity index (χ3v) is 4.37. The molecule has 0 amide bonds. The number of carbonyl (C=O) groups excluding carboxylic acids is 1. The number of carbonyl (C=O) groups is 1. The topological polar surface area (TPSA) is 90.0 Å². The van der Waals surface area contributed by atoms with E-state index in [9.17, 15) is 4.79 Å². The van der Waals surface area contributed by atoms with E-state index in [1.54, 1.807) is 18.2 Å². The Balaban J connectivity index is 1.89. The van der Waals surface area contributed by atoms with Crippen molar-refractivity contribution < 1.29 is 14.3 Å². The standard InChI is InChI=1S/C19H16Cl2N4O3/c1-2-3-6-27-17(26)11-25-16-5-4-15(21)19(18(16)23-24-25)28-14-8-12(10-22)7-13(20)9-14/h4-5,7-9H,2-3,6,11H2,1H3. The molecule has 2 aromatic carbocycles. The predicted molar refractivity (Wildman–Crippen MR) is 105 cm³/mol. The molecule has 9 heteroatoms. The number of halogens is 2. The molecule has 1 heterocycles. The van der Waals surface area contributed by atoms with Gasteiger partial charge in [-0.3, -0.25) is 4.79 Å². The monoisotopic (exact) mass is 418 g/mol. The summed E-state index contributed by atoms with van der Waals surface area (Å²) >= 11 is 12.3. The Hall–Kier alpha value is -2.82. The molecule has 0 spiro atoms. The second kappa shape index (κ2) is 8.91. The molecule has 0 aliphatic carbocycles. The van der Waals surface area contributed by atoms with Crippen LogP contribution in [0.5, 0.6) is 11.5 Å². The number of rotatable bonds is 7. The maximum atomic E-state index is 12.0. The molecule has 0 atom stereocenters. The van der Waals surface area contributed by atoms with Crippen molar-refractivity contribution in [3.05, 3.63) is 45.9 Å². The molecule has 7 nitrogen and oxygen atoms in total. The zero-order valence-corrected chi connectivity index (χ0v) is 16.5. The number of hydrogen-bond acceptors (Lipinski definition) is 6. The van der Waals surface area contributed by atoms with Gasteiger partial charge in [0.2, 0.25) is 0 Å². The van der Waals surface area contributed by atoms with Gasteiger partial charge in [-0.1, -0.05) is 41.8 Å². The van der Waals surface area contributed by atoms with E-state index in [0.717, 1.165) is 12.8 Å². The predicted octanol–water partition coefficient (Wildman–Crippen LogP) is 4.75. The first-order valence-corrected chi connectivity index (χ1v) is 9.33. The molecule has 0 aliphatic rings. The molecule has 0 bridgehead atoms. The molecule has 0 aliphatic heterocycles. The SMILES string of the molecule is CCCCOC(=O)Cn1nnc2c(Oc3cc(Cl)cc(C#N)c3)c(Cl)ccc21. The molecule has 0 saturated heterocycles. The summed E-state index contributed by atoms with van der Waals surface area (Å²) in [6.45, 7) is 2.32. The molecule has 0 saturated carbocycles. The van der Waals surface area contributed by atoms with Gasteiger partial charge in [-0.2, -0.15) is 5.26 Å². The van der Waals surface area contributed by atoms with Crippen molar-refractivity contribution in [2.75, 3.05) is 6.61 Å². The minimum Gasteiger partial charge on any atom is -0.464 e. The maximum Gasteiger partial charge on any atom is 0.327 e. The normalized spacial score (nSPS) is 10.6. The Kier molecular flexibility index (Phi) is 6.34. The van der Waals surface area contributed by atoms with Gasteiger partial charge in [0.1, 0.15) is 12.3 Å². The number of ether oxygens (including phenoxy) is 2. The van der Waals surface area contributed by atoms with Gasteiger partial charge in [-0.15, -0.1) is 5.10 Å². The number of unbranched alkanes of at least 4 members (excludes halogenated alkanes) is 1. The Bertz CT molecular complexity index is 1060. The van der Waals surface area contributed by atoms with Crippen molar-refractivity contribution in [1.29, 1.82) is 5.26 Å². The van der Waals surface area contributed by atoms with Crippen LogP contribution in [-0.4, -0.2) is 27.6 Å². The first-order chi connectivity index (χ1) is 13.5. The fourth-order valence-electron chi connectivity index (χ4n) is 2.50. The van der Waals surface area contributed by atoms with Crippen LogP contribution in [0.3, 0.4) is 0 Å². The molecule has 0 radical (unpaired) electrons. The number of nitriles is 1. The average Bonchev–Trinajstić information content (AvgIpc) is 3.06. The van der Waals surface area contributed by atoms with E-state index in [2.05, 4.69) is 10.3 Å². The number of hydrogen-bond donors (Lipinski definition) is 0. The molecule has 3 aromatic rings. The second-order valence-electron chi connectivity index (χ2n) is 5.95. The van der Waals surface area contributed by atoms with E-state index in [1.807, 2.05) is 13.0 Å². The van der Waals surface area contributed by atoms with E-state index in [0.29, 0.717) is 39.0 Å². The molecule has 1 aromatic heterocycles. The van der Waals surface area contributed by atoms with Crippen molar-refractivity contribution in [3.63, 3.8) is 0 Å². The highest BCUT2D eigenvalue weighted by Crippen LogP contribution is 2.36. The summed E-state index contributed by atoms with van der Waals surface area (Å²) in [7, 11) is 0. The van der Waals surface area contributed by atoms with Gasteiger partial charge in [-0.25, -0.2) is 4.68 Å². The molecule has 0 fully saturated rings. The highest BCUT2D eigenvalue weighted by Gasteiger charge is 2.17. The molecule has 28 heavy (non-hydrogen) atoms. The molecule has 0 N–H and O–H groups in total. The van der Waals surface area contributed by atoms with E-state index < -0.39 is 5.97 Å². The summed E-state index contributed by atoms with van der Waals surface area (Å²) in [6.07, 6.45) is 1.75. The second-order valence-corrected chi connectivity index (χ2v) is 6.80. The third kappa shape index (κ3) is 4.53. The van der Waals surface area contributed by atoms with E-state index in [4.69, 9.17) is 37.9 Å². The van der Waals surface area contributed by atoms with Crippen LogP contribution in [-0.2, 0) is 16.1 Å². The minimum absolute atomic E-state index is 0.0724. The molecular formula is C19H16Cl2N4O3. The average molecular weight is 419 g/mol. The van der Waals surface area contributed by atoms with Crippen molar-refractivity contribution in [2.24, 2.45) is 0 Å². The zero-order valence-electron chi connectivity index (χ0n) is 15.0. The van der Waals surface area contributed by atoms with Crippen LogP contribution in [0.2, 0.25) is 10.0 Å². The van der Waals surface area contributed by atoms with Crippen molar-refractivity contribution >= 4 is 40.2 Å². The summed E-state index contributed by atoms with van der Waals surface area (Å²) in [4.78, 5) is 12.0. The summed E-state index contributed by atoms with van der Waals surface area (Å²) in [6, 6.07) is 9.96. The van der Waals surface area contributed by atoms with E-state index in [1.165, 1.54) is 16.8 Å². The quantitative estimate of drug-likeness (QED) is 0.406. The number of benzene rings is 2. The third-order valence-electron chi connectivity index (χ3n) is 3.85. The van der Waals surface area contributed by atoms with Crippen LogP contribution in [0.15, 0.2) is 30.3 Å². The van der Waals surface area contributed by atoms with Crippen molar-refractivity contribution in [1.82, 2.24) is 15.0 Å². The Morgan fingerprint density at radius 2 is 2.11 bits per heavy atom. The summed E-state index contributed by atoms with van der Waals surface area (Å²) in [5.74, 6) is 0.203. The fourth-order valence-corrected chi connectivity index (χ4v) is 2.92. The van der Waals surface area contributed by atoms with Crippen LogP contribution >= 0.6 is 23.2 Å². The zero-order chi connectivity index (χ0) is 20.1. The number of aromatic nitrogens is 3. The Morgan fingerprint density at radius 3 is 2.86 bits per heavy atom. The van der Waals surface area contributed by atoms with Crippen LogP contribution < -0.4 is 4.74 Å². The molecule has 144 valence electrons. The first kappa shape index (κ1) is 19.9. The maximum absolute atomic E-state index is 12.0. The highest BCUT2D eigenvalue weighted by atomic mass is 35.5. The Morgan fingerprint density at radius 1 is 1.29 bits per heavy atom. The first-order valence-electron chi connectivity index (χ1n) is 8.57. The van der Waals surface area contributed by atoms with Gasteiger partial charge in [0, 0.05) is 5.02 Å². The smallest absolute Gasteiger partial charge is 0.327 e. The largest absolute Gasteiger partial charge is 0.464 e. The molecule has 0 unspecified atom stereocenters. The highest BCUT2D eigenvalue weighted by molar-refractivity contribution is 6.33. The Labute approximate surface area is 171 Å². The van der Waals surface area contributed by atoms with Crippen molar-refractivity contribution in [3.8, 4) is 17.6 Å². The van der Waals surface area contributed by atoms with Gasteiger partial charge in [-0.05, 0) is 36.8 Å². The fraction of sp³-hybridized carbons (Fsp3) is 0.263. The van der Waals surface area contributed by atoms with Crippen LogP contribution in [0.25, 0.3) is 11.0 Å². The van der Waals surface area contributed by atoms with Gasteiger partial charge in [0.15, 0.2) is 11.3 Å². The van der Waals surface area contributed by atoms with Gasteiger partial charge in [0.05, 0.1) is 28.8 Å². The summed E-state index contributed by atoms with van der Waals surface area (Å²) < 4.78 is 12.4. The lowest BCUT2D eigenvalue weighted by atomic mass is 10.2. The molecular weight excluding hydrogens is 403 g/mol. The van der Waals surface area contributed by atoms with Crippen LogP contribution in [0.1, 0.15) is 25.3 Å². The lowest BCUT2D eigenvalue weighted by molar-refractivity contribution is -0.144. The number of nitrogens with zero attached hydrogens (tertiary/aromatic N) is 4. The van der Waals surface area contributed by atoms with Gasteiger partial charge < -0.3 is 9.47 Å². The minimum atomic E-state index is -0.397. The van der Waals surface area contributed by atoms with Gasteiger partial charge in [0.25, 0.3) is 0 Å². The van der Waals surface area contributed by atoms with E-state index >= 15 is 0 Å². The number of fused-ring (bicyclic) bond motifs is 1. The lowest BCUT2D eigenvalue weighted by Gasteiger charge is -2.09. The van der Waals surface area contributed by atoms with Crippen molar-refractivity contribution in [2.45, 2.75) is 26.3 Å².